The van der Waals surface area contributed by atoms with Crippen LogP contribution in [0.25, 0.3) is 6.08 Å². The summed E-state index contributed by atoms with van der Waals surface area (Å²) >= 11 is 1.40. The summed E-state index contributed by atoms with van der Waals surface area (Å²) in [6, 6.07) is 3.46. The Hall–Kier alpha value is -2.81. The zero-order valence-electron chi connectivity index (χ0n) is 18.6. The highest BCUT2D eigenvalue weighted by Gasteiger charge is 2.35. The van der Waals surface area contributed by atoms with Crippen molar-refractivity contribution in [2.75, 3.05) is 21.3 Å². The number of ether oxygens (including phenoxy) is 3. The largest absolute Gasteiger partial charge is 0.493 e. The van der Waals surface area contributed by atoms with Gasteiger partial charge in [-0.2, -0.15) is 15.1 Å². The number of aliphatic imine (C=N–C) groups is 1. The number of methoxy groups -OCH3 is 3. The first-order valence-corrected chi connectivity index (χ1v) is 11.6. The third kappa shape index (κ3) is 4.53. The van der Waals surface area contributed by atoms with Crippen molar-refractivity contribution >= 4 is 39.8 Å². The Morgan fingerprint density at radius 2 is 1.81 bits per heavy atom. The second-order valence-electron chi connectivity index (χ2n) is 8.02. The third-order valence-corrected chi connectivity index (χ3v) is 6.95. The van der Waals surface area contributed by atoms with Gasteiger partial charge in [0.2, 0.25) is 10.9 Å². The van der Waals surface area contributed by atoms with E-state index in [9.17, 15) is 4.79 Å². The lowest BCUT2D eigenvalue weighted by atomic mass is 9.86. The second kappa shape index (κ2) is 9.77. The van der Waals surface area contributed by atoms with Gasteiger partial charge in [-0.1, -0.05) is 32.1 Å². The molecule has 0 radical (unpaired) electrons. The molecule has 2 heterocycles. The van der Waals surface area contributed by atoms with E-state index in [0.29, 0.717) is 28.0 Å². The molecule has 1 aliphatic carbocycles. The van der Waals surface area contributed by atoms with Crippen LogP contribution in [-0.4, -0.2) is 48.3 Å². The summed E-state index contributed by atoms with van der Waals surface area (Å²) in [5.41, 5.74) is 0.806. The average molecular weight is 457 g/mol. The van der Waals surface area contributed by atoms with E-state index >= 15 is 0 Å². The number of carbonyl (C=O) groups is 1. The Balaban J connectivity index is 1.55. The van der Waals surface area contributed by atoms with E-state index in [4.69, 9.17) is 19.6 Å². The standard InChI is InChI=1S/C23H28N4O4S/c1-29-17-12-15(13-18(30-2)20(17)31-3)11-16-21(24)27-23(25-22(16)28)32-19(26-27)10-9-14-7-5-4-6-8-14/h11-14,24H,4-10H2,1-3H3/b16-11-,24-21?. The van der Waals surface area contributed by atoms with Crippen LogP contribution in [0.4, 0.5) is 0 Å². The van der Waals surface area contributed by atoms with Gasteiger partial charge in [0, 0.05) is 0 Å². The van der Waals surface area contributed by atoms with Crippen LogP contribution >= 0.6 is 11.8 Å². The van der Waals surface area contributed by atoms with E-state index in [1.54, 1.807) is 18.2 Å². The lowest BCUT2D eigenvalue weighted by Gasteiger charge is -2.20. The topological polar surface area (TPSA) is 96.6 Å². The normalized spacial score (nSPS) is 20.2. The highest BCUT2D eigenvalue weighted by Crippen LogP contribution is 2.39. The summed E-state index contributed by atoms with van der Waals surface area (Å²) in [5, 5.41) is 16.0. The van der Waals surface area contributed by atoms with Crippen molar-refractivity contribution in [2.45, 2.75) is 44.9 Å². The van der Waals surface area contributed by atoms with Gasteiger partial charge in [0.15, 0.2) is 17.3 Å². The molecule has 0 aromatic heterocycles. The van der Waals surface area contributed by atoms with E-state index in [0.717, 1.165) is 23.8 Å². The maximum atomic E-state index is 12.7. The number of thioether (sulfide) groups is 1. The van der Waals surface area contributed by atoms with Gasteiger partial charge in [0.05, 0.1) is 26.9 Å². The number of amides is 1. The molecule has 1 saturated carbocycles. The number of hydrazone groups is 1. The summed E-state index contributed by atoms with van der Waals surface area (Å²) in [6.45, 7) is 0. The minimum absolute atomic E-state index is 0.0221. The maximum Gasteiger partial charge on any atom is 0.283 e. The first kappa shape index (κ1) is 22.4. The van der Waals surface area contributed by atoms with Crippen molar-refractivity contribution < 1.29 is 19.0 Å². The predicted molar refractivity (Wildman–Crippen MR) is 127 cm³/mol. The molecule has 4 rings (SSSR count). The Morgan fingerprint density at radius 3 is 2.44 bits per heavy atom. The summed E-state index contributed by atoms with van der Waals surface area (Å²) in [7, 11) is 4.59. The van der Waals surface area contributed by atoms with Gasteiger partial charge in [0.25, 0.3) is 5.91 Å². The number of fused-ring (bicyclic) bond motifs is 1. The molecule has 0 saturated heterocycles. The maximum absolute atomic E-state index is 12.7. The Bertz CT molecular complexity index is 986. The highest BCUT2D eigenvalue weighted by molar-refractivity contribution is 8.26. The van der Waals surface area contributed by atoms with Crippen LogP contribution in [0.3, 0.4) is 0 Å². The summed E-state index contributed by atoms with van der Waals surface area (Å²) in [4.78, 5) is 16.9. The average Bonchev–Trinajstić information content (AvgIpc) is 3.23. The van der Waals surface area contributed by atoms with Crippen LogP contribution in [-0.2, 0) is 4.79 Å². The van der Waals surface area contributed by atoms with Crippen molar-refractivity contribution in [3.05, 3.63) is 23.3 Å². The van der Waals surface area contributed by atoms with Crippen molar-refractivity contribution in [1.82, 2.24) is 5.01 Å². The molecule has 8 nitrogen and oxygen atoms in total. The number of amidine groups is 2. The Labute approximate surface area is 192 Å². The fourth-order valence-electron chi connectivity index (χ4n) is 4.29. The minimum atomic E-state index is -0.453. The number of rotatable bonds is 7. The molecule has 2 aliphatic heterocycles. The van der Waals surface area contributed by atoms with Gasteiger partial charge in [-0.3, -0.25) is 10.2 Å². The van der Waals surface area contributed by atoms with Gasteiger partial charge in [-0.25, -0.2) is 0 Å². The summed E-state index contributed by atoms with van der Waals surface area (Å²) in [6.07, 6.45) is 10.1. The SMILES string of the molecule is COc1cc(/C=C2/C(=N)N3N=C(CCC4CCCCC4)SC3=NC2=O)cc(OC)c1OC. The molecule has 1 fully saturated rings. The Kier molecular flexibility index (Phi) is 6.83. The predicted octanol–water partition coefficient (Wildman–Crippen LogP) is 4.69. The van der Waals surface area contributed by atoms with Gasteiger partial charge < -0.3 is 14.2 Å². The highest BCUT2D eigenvalue weighted by atomic mass is 32.2. The molecule has 0 atom stereocenters. The van der Waals surface area contributed by atoms with E-state index in [1.807, 2.05) is 0 Å². The first-order valence-electron chi connectivity index (χ1n) is 10.8. The molecule has 1 N–H and O–H groups in total. The van der Waals surface area contributed by atoms with E-state index in [2.05, 4.69) is 10.1 Å². The summed E-state index contributed by atoms with van der Waals surface area (Å²) < 4.78 is 16.1. The first-order chi connectivity index (χ1) is 15.5. The molecule has 0 bridgehead atoms. The smallest absolute Gasteiger partial charge is 0.283 e. The van der Waals surface area contributed by atoms with Crippen LogP contribution in [0.5, 0.6) is 17.2 Å². The van der Waals surface area contributed by atoms with E-state index in [-0.39, 0.29) is 11.4 Å². The van der Waals surface area contributed by atoms with Crippen LogP contribution in [0.15, 0.2) is 27.8 Å². The van der Waals surface area contributed by atoms with Crippen LogP contribution in [0, 0.1) is 11.3 Å². The van der Waals surface area contributed by atoms with Crippen LogP contribution in [0.2, 0.25) is 0 Å². The van der Waals surface area contributed by atoms with Gasteiger partial charge in [-0.05, 0) is 54.3 Å². The van der Waals surface area contributed by atoms with Crippen molar-refractivity contribution in [3.63, 3.8) is 0 Å². The van der Waals surface area contributed by atoms with Gasteiger partial charge >= 0.3 is 0 Å². The number of benzene rings is 1. The van der Waals surface area contributed by atoms with Gasteiger partial charge in [0.1, 0.15) is 5.04 Å². The number of hydrogen-bond donors (Lipinski definition) is 1. The van der Waals surface area contributed by atoms with E-state index < -0.39 is 5.91 Å². The molecule has 0 spiro atoms. The quantitative estimate of drug-likeness (QED) is 0.598. The third-order valence-electron chi connectivity index (χ3n) is 5.99. The van der Waals surface area contributed by atoms with Crippen molar-refractivity contribution in [2.24, 2.45) is 16.0 Å². The molecule has 1 aromatic rings. The molecular formula is C23H28N4O4S. The summed E-state index contributed by atoms with van der Waals surface area (Å²) in [5.74, 6) is 1.73. The molecular weight excluding hydrogens is 428 g/mol. The van der Waals surface area contributed by atoms with Crippen molar-refractivity contribution in [3.8, 4) is 17.2 Å². The zero-order valence-corrected chi connectivity index (χ0v) is 19.5. The number of nitrogens with zero attached hydrogens (tertiary/aromatic N) is 3. The second-order valence-corrected chi connectivity index (χ2v) is 9.06. The molecule has 9 heteroatoms. The molecule has 1 amide bonds. The Morgan fingerprint density at radius 1 is 1.12 bits per heavy atom. The molecule has 32 heavy (non-hydrogen) atoms. The lowest BCUT2D eigenvalue weighted by molar-refractivity contribution is -0.114. The van der Waals surface area contributed by atoms with E-state index in [1.165, 1.54) is 70.2 Å². The molecule has 170 valence electrons. The number of hydrogen-bond acceptors (Lipinski definition) is 7. The molecule has 0 unspecified atom stereocenters. The zero-order chi connectivity index (χ0) is 22.7. The monoisotopic (exact) mass is 456 g/mol. The lowest BCUT2D eigenvalue weighted by Crippen LogP contribution is -2.35. The van der Waals surface area contributed by atoms with Crippen LogP contribution in [0.1, 0.15) is 50.5 Å². The molecule has 3 aliphatic rings. The minimum Gasteiger partial charge on any atom is -0.493 e. The fraction of sp³-hybridized carbons (Fsp3) is 0.478. The molecule has 1 aromatic carbocycles. The number of carbonyl (C=O) groups excluding carboxylic acids is 1. The number of nitrogens with one attached hydrogen (secondary N) is 1. The van der Waals surface area contributed by atoms with Gasteiger partial charge in [-0.15, -0.1) is 0 Å². The van der Waals surface area contributed by atoms with Crippen LogP contribution < -0.4 is 14.2 Å². The van der Waals surface area contributed by atoms with Crippen molar-refractivity contribution in [1.29, 1.82) is 5.41 Å². The fourth-order valence-corrected chi connectivity index (χ4v) is 5.19.